The van der Waals surface area contributed by atoms with Gasteiger partial charge in [0.1, 0.15) is 0 Å². The first kappa shape index (κ1) is 20.3. The van der Waals surface area contributed by atoms with Crippen LogP contribution in [0.4, 0.5) is 5.69 Å². The molecule has 1 heterocycles. The van der Waals surface area contributed by atoms with Crippen LogP contribution < -0.4 is 5.32 Å². The summed E-state index contributed by atoms with van der Waals surface area (Å²) in [4.78, 5) is 8.69. The molecule has 2 aromatic rings. The molecule has 2 rings (SSSR count). The third-order valence-electron chi connectivity index (χ3n) is 4.66. The monoisotopic (exact) mass is 370 g/mol. The van der Waals surface area contributed by atoms with Crippen molar-refractivity contribution in [3.63, 3.8) is 0 Å². The van der Waals surface area contributed by atoms with Crippen molar-refractivity contribution in [2.45, 2.75) is 33.2 Å². The summed E-state index contributed by atoms with van der Waals surface area (Å²) in [5.41, 5.74) is 4.80. The molecule has 0 aliphatic rings. The van der Waals surface area contributed by atoms with Gasteiger partial charge >= 0.3 is 0 Å². The maximum Gasteiger partial charge on any atom is 0.173 e. The van der Waals surface area contributed by atoms with Gasteiger partial charge in [-0.3, -0.25) is 4.98 Å². The summed E-state index contributed by atoms with van der Waals surface area (Å²) in [6.45, 7) is 8.26. The molecule has 0 spiro atoms. The van der Waals surface area contributed by atoms with E-state index in [4.69, 9.17) is 12.2 Å². The molecule has 5 heteroatoms. The van der Waals surface area contributed by atoms with Crippen molar-refractivity contribution >= 4 is 23.0 Å². The Morgan fingerprint density at radius 1 is 1.19 bits per heavy atom. The maximum absolute atomic E-state index is 5.83. The predicted octanol–water partition coefficient (Wildman–Crippen LogP) is 4.27. The van der Waals surface area contributed by atoms with Gasteiger partial charge in [0.15, 0.2) is 5.11 Å². The van der Waals surface area contributed by atoms with Gasteiger partial charge in [-0.25, -0.2) is 0 Å². The molecular formula is C21H30N4S. The van der Waals surface area contributed by atoms with Gasteiger partial charge in [0.2, 0.25) is 0 Å². The van der Waals surface area contributed by atoms with Crippen molar-refractivity contribution in [1.82, 2.24) is 14.8 Å². The minimum absolute atomic E-state index is 0.151. The Hall–Kier alpha value is -1.98. The van der Waals surface area contributed by atoms with Crippen LogP contribution in [-0.4, -0.2) is 47.1 Å². The molecule has 0 amide bonds. The zero-order chi connectivity index (χ0) is 19.1. The number of likely N-dealkylation sites (N-methyl/N-ethyl adjacent to an activating group) is 1. The Morgan fingerprint density at radius 2 is 1.96 bits per heavy atom. The summed E-state index contributed by atoms with van der Waals surface area (Å²) in [7, 11) is 4.17. The first-order chi connectivity index (χ1) is 12.4. The van der Waals surface area contributed by atoms with Gasteiger partial charge in [0.05, 0.1) is 6.04 Å². The van der Waals surface area contributed by atoms with Crippen molar-refractivity contribution in [3.05, 3.63) is 59.4 Å². The molecule has 0 fully saturated rings. The van der Waals surface area contributed by atoms with Gasteiger partial charge in [-0.15, -0.1) is 0 Å². The van der Waals surface area contributed by atoms with Gasteiger partial charge in [-0.05, 0) is 69.3 Å². The van der Waals surface area contributed by atoms with Crippen molar-refractivity contribution < 1.29 is 0 Å². The zero-order valence-electron chi connectivity index (χ0n) is 16.5. The number of hydrogen-bond donors (Lipinski definition) is 1. The number of nitrogens with zero attached hydrogens (tertiary/aromatic N) is 3. The topological polar surface area (TPSA) is 31.4 Å². The molecule has 0 unspecified atom stereocenters. The van der Waals surface area contributed by atoms with Crippen LogP contribution in [-0.2, 0) is 6.42 Å². The van der Waals surface area contributed by atoms with E-state index in [0.717, 1.165) is 35.9 Å². The first-order valence-electron chi connectivity index (χ1n) is 9.14. The van der Waals surface area contributed by atoms with Gasteiger partial charge in [0, 0.05) is 31.2 Å². The van der Waals surface area contributed by atoms with Gasteiger partial charge in [0.25, 0.3) is 0 Å². The van der Waals surface area contributed by atoms with Crippen LogP contribution in [0.3, 0.4) is 0 Å². The van der Waals surface area contributed by atoms with E-state index >= 15 is 0 Å². The molecule has 0 aliphatic carbocycles. The second-order valence-corrected chi connectivity index (χ2v) is 7.24. The zero-order valence-corrected chi connectivity index (χ0v) is 17.3. The van der Waals surface area contributed by atoms with E-state index in [0.29, 0.717) is 0 Å². The Balaban J connectivity index is 2.26. The van der Waals surface area contributed by atoms with Crippen LogP contribution in [0.2, 0.25) is 0 Å². The summed E-state index contributed by atoms with van der Waals surface area (Å²) in [5.74, 6) is 0. The van der Waals surface area contributed by atoms with Gasteiger partial charge < -0.3 is 15.1 Å². The standard InChI is InChI=1S/C21H30N4S/c1-6-18-10-7-9-16(2)20(18)23-21(26)25(14-13-24(4)5)17(3)19-11-8-12-22-15-19/h7-12,15,17H,6,13-14H2,1-5H3,(H,23,26)/t17-/m1/s1. The van der Waals surface area contributed by atoms with Crippen LogP contribution >= 0.6 is 12.2 Å². The van der Waals surface area contributed by atoms with Crippen LogP contribution in [0, 0.1) is 6.92 Å². The van der Waals surface area contributed by atoms with Crippen molar-refractivity contribution in [1.29, 1.82) is 0 Å². The molecule has 0 bridgehead atoms. The average Bonchev–Trinajstić information content (AvgIpc) is 2.63. The highest BCUT2D eigenvalue weighted by atomic mass is 32.1. The fourth-order valence-corrected chi connectivity index (χ4v) is 3.31. The molecule has 0 saturated heterocycles. The van der Waals surface area contributed by atoms with E-state index in [1.54, 1.807) is 6.20 Å². The molecule has 140 valence electrons. The van der Waals surface area contributed by atoms with Crippen LogP contribution in [0.25, 0.3) is 0 Å². The van der Waals surface area contributed by atoms with E-state index in [1.165, 1.54) is 11.1 Å². The third kappa shape index (κ3) is 5.26. The van der Waals surface area contributed by atoms with Gasteiger partial charge in [-0.1, -0.05) is 31.2 Å². The highest BCUT2D eigenvalue weighted by Gasteiger charge is 2.20. The molecule has 0 aliphatic heterocycles. The summed E-state index contributed by atoms with van der Waals surface area (Å²) >= 11 is 5.83. The molecule has 1 N–H and O–H groups in total. The number of pyridine rings is 1. The lowest BCUT2D eigenvalue weighted by molar-refractivity contribution is 0.289. The highest BCUT2D eigenvalue weighted by molar-refractivity contribution is 7.80. The second-order valence-electron chi connectivity index (χ2n) is 6.85. The summed E-state index contributed by atoms with van der Waals surface area (Å²) in [6.07, 6.45) is 4.70. The quantitative estimate of drug-likeness (QED) is 0.736. The highest BCUT2D eigenvalue weighted by Crippen LogP contribution is 2.24. The molecule has 1 aromatic carbocycles. The largest absolute Gasteiger partial charge is 0.341 e. The first-order valence-corrected chi connectivity index (χ1v) is 9.55. The summed E-state index contributed by atoms with van der Waals surface area (Å²) < 4.78 is 0. The van der Waals surface area contributed by atoms with Crippen LogP contribution in [0.5, 0.6) is 0 Å². The predicted molar refractivity (Wildman–Crippen MR) is 115 cm³/mol. The minimum atomic E-state index is 0.151. The number of benzene rings is 1. The van der Waals surface area contributed by atoms with Crippen molar-refractivity contribution in [2.75, 3.05) is 32.5 Å². The Morgan fingerprint density at radius 3 is 2.58 bits per heavy atom. The normalized spacial score (nSPS) is 12.1. The van der Waals surface area contributed by atoms with E-state index in [-0.39, 0.29) is 6.04 Å². The smallest absolute Gasteiger partial charge is 0.173 e. The van der Waals surface area contributed by atoms with E-state index in [9.17, 15) is 0 Å². The summed E-state index contributed by atoms with van der Waals surface area (Å²) in [6, 6.07) is 10.6. The number of aromatic nitrogens is 1. The third-order valence-corrected chi connectivity index (χ3v) is 4.99. The SMILES string of the molecule is CCc1cccc(C)c1NC(=S)N(CCN(C)C)[C@H](C)c1cccnc1. The minimum Gasteiger partial charge on any atom is -0.341 e. The number of nitrogens with one attached hydrogen (secondary N) is 1. The number of thiocarbonyl (C=S) groups is 1. The molecule has 1 atom stereocenters. The molecule has 0 saturated carbocycles. The lowest BCUT2D eigenvalue weighted by atomic mass is 10.1. The molecular weight excluding hydrogens is 340 g/mol. The van der Waals surface area contributed by atoms with E-state index in [1.807, 2.05) is 12.3 Å². The molecule has 4 nitrogen and oxygen atoms in total. The number of aryl methyl sites for hydroxylation is 2. The fourth-order valence-electron chi connectivity index (χ4n) is 2.96. The van der Waals surface area contributed by atoms with E-state index < -0.39 is 0 Å². The lowest BCUT2D eigenvalue weighted by Gasteiger charge is -2.33. The number of para-hydroxylation sites is 1. The van der Waals surface area contributed by atoms with Crippen molar-refractivity contribution in [3.8, 4) is 0 Å². The Labute approximate surface area is 163 Å². The van der Waals surface area contributed by atoms with Crippen LogP contribution in [0.15, 0.2) is 42.7 Å². The average molecular weight is 371 g/mol. The fraction of sp³-hybridized carbons (Fsp3) is 0.429. The Bertz CT molecular complexity index is 715. The summed E-state index contributed by atoms with van der Waals surface area (Å²) in [5, 5.41) is 4.28. The van der Waals surface area contributed by atoms with Gasteiger partial charge in [-0.2, -0.15) is 0 Å². The number of hydrogen-bond acceptors (Lipinski definition) is 3. The van der Waals surface area contributed by atoms with E-state index in [2.05, 4.69) is 79.2 Å². The molecule has 0 radical (unpaired) electrons. The maximum atomic E-state index is 5.83. The van der Waals surface area contributed by atoms with Crippen LogP contribution in [0.1, 0.15) is 36.6 Å². The molecule has 1 aromatic heterocycles. The molecule has 26 heavy (non-hydrogen) atoms. The number of rotatable bonds is 7. The Kier molecular flexibility index (Phi) is 7.54. The van der Waals surface area contributed by atoms with Crippen molar-refractivity contribution in [2.24, 2.45) is 0 Å². The second kappa shape index (κ2) is 9.64. The lowest BCUT2D eigenvalue weighted by Crippen LogP contribution is -2.41. The number of anilines is 1.